The van der Waals surface area contributed by atoms with Gasteiger partial charge in [0.25, 0.3) is 0 Å². The van der Waals surface area contributed by atoms with Crippen LogP contribution in [0.5, 0.6) is 17.2 Å². The molecule has 4 rings (SSSR count). The van der Waals surface area contributed by atoms with Crippen molar-refractivity contribution in [3.05, 3.63) is 83.2 Å². The summed E-state index contributed by atoms with van der Waals surface area (Å²) in [5.74, 6) is 1.54. The summed E-state index contributed by atoms with van der Waals surface area (Å²) in [6.45, 7) is 3.84. The summed E-state index contributed by atoms with van der Waals surface area (Å²) in [5, 5.41) is 3.05. The first-order valence-electron chi connectivity index (χ1n) is 12.0. The van der Waals surface area contributed by atoms with Gasteiger partial charge in [-0.05, 0) is 66.3 Å². The van der Waals surface area contributed by atoms with Crippen molar-refractivity contribution >= 4 is 11.6 Å². The molecule has 6 nitrogen and oxygen atoms in total. The third-order valence-electron chi connectivity index (χ3n) is 6.76. The van der Waals surface area contributed by atoms with Crippen molar-refractivity contribution in [1.82, 2.24) is 4.90 Å². The molecule has 0 spiro atoms. The van der Waals surface area contributed by atoms with Crippen LogP contribution in [0.1, 0.15) is 29.0 Å². The molecular weight excluding hydrogens is 459 g/mol. The Morgan fingerprint density at radius 1 is 0.972 bits per heavy atom. The van der Waals surface area contributed by atoms with Crippen molar-refractivity contribution in [2.75, 3.05) is 39.7 Å². The molecule has 0 bridgehead atoms. The van der Waals surface area contributed by atoms with Gasteiger partial charge in [-0.25, -0.2) is 4.39 Å². The van der Waals surface area contributed by atoms with Crippen LogP contribution < -0.4 is 19.5 Å². The molecule has 0 unspecified atom stereocenters. The Bertz CT molecular complexity index is 1220. The van der Waals surface area contributed by atoms with Crippen molar-refractivity contribution in [2.24, 2.45) is 5.92 Å². The van der Waals surface area contributed by atoms with Gasteiger partial charge < -0.3 is 19.5 Å². The van der Waals surface area contributed by atoms with Crippen molar-refractivity contribution < 1.29 is 23.4 Å². The van der Waals surface area contributed by atoms with E-state index >= 15 is 0 Å². The number of benzene rings is 3. The van der Waals surface area contributed by atoms with Gasteiger partial charge in [-0.15, -0.1) is 0 Å². The van der Waals surface area contributed by atoms with Crippen LogP contribution in [0.3, 0.4) is 0 Å². The van der Waals surface area contributed by atoms with Gasteiger partial charge in [0.1, 0.15) is 23.1 Å². The second-order valence-electron chi connectivity index (χ2n) is 9.24. The van der Waals surface area contributed by atoms with Crippen LogP contribution in [0, 0.1) is 18.7 Å². The lowest BCUT2D eigenvalue weighted by molar-refractivity contribution is -0.121. The smallest absolute Gasteiger partial charge is 0.228 e. The summed E-state index contributed by atoms with van der Waals surface area (Å²) in [5.41, 5.74) is 3.37. The number of anilines is 1. The van der Waals surface area contributed by atoms with Crippen LogP contribution in [0.2, 0.25) is 0 Å². The van der Waals surface area contributed by atoms with E-state index in [9.17, 15) is 9.18 Å². The largest absolute Gasteiger partial charge is 0.497 e. The number of carbonyl (C=O) groups is 1. The van der Waals surface area contributed by atoms with Crippen LogP contribution in [-0.2, 0) is 11.3 Å². The minimum atomic E-state index is -0.258. The molecule has 1 N–H and O–H groups in total. The topological polar surface area (TPSA) is 60.0 Å². The normalized spacial score (nSPS) is 17.9. The monoisotopic (exact) mass is 492 g/mol. The zero-order chi connectivity index (χ0) is 25.7. The number of hydrogen-bond acceptors (Lipinski definition) is 5. The van der Waals surface area contributed by atoms with Crippen molar-refractivity contribution in [1.29, 1.82) is 0 Å². The lowest BCUT2D eigenvalue weighted by atomic mass is 9.83. The lowest BCUT2D eigenvalue weighted by Crippen LogP contribution is -2.43. The summed E-state index contributed by atoms with van der Waals surface area (Å²) in [4.78, 5) is 15.8. The van der Waals surface area contributed by atoms with Crippen LogP contribution >= 0.6 is 0 Å². The Morgan fingerprint density at radius 3 is 2.47 bits per heavy atom. The molecule has 1 aliphatic heterocycles. The van der Waals surface area contributed by atoms with Crippen LogP contribution in [0.25, 0.3) is 0 Å². The first-order valence-corrected chi connectivity index (χ1v) is 12.0. The highest BCUT2D eigenvalue weighted by Gasteiger charge is 2.33. The Kier molecular flexibility index (Phi) is 8.10. The summed E-state index contributed by atoms with van der Waals surface area (Å²) in [6.07, 6.45) is 0.671. The summed E-state index contributed by atoms with van der Waals surface area (Å²) in [6, 6.07) is 18.5. The van der Waals surface area contributed by atoms with Gasteiger partial charge in [-0.1, -0.05) is 24.3 Å². The molecule has 1 saturated heterocycles. The van der Waals surface area contributed by atoms with Crippen LogP contribution in [0.15, 0.2) is 60.7 Å². The van der Waals surface area contributed by atoms with E-state index in [1.54, 1.807) is 46.5 Å². The number of methoxy groups -OCH3 is 3. The summed E-state index contributed by atoms with van der Waals surface area (Å²) < 4.78 is 30.1. The zero-order valence-corrected chi connectivity index (χ0v) is 21.2. The number of nitrogens with one attached hydrogen (secondary N) is 1. The molecule has 0 radical (unpaired) electrons. The van der Waals surface area contributed by atoms with Gasteiger partial charge in [0.15, 0.2) is 0 Å². The molecule has 2 atom stereocenters. The third kappa shape index (κ3) is 5.97. The average molecular weight is 493 g/mol. The van der Waals surface area contributed by atoms with Crippen LogP contribution in [-0.4, -0.2) is 45.2 Å². The predicted octanol–water partition coefficient (Wildman–Crippen LogP) is 5.40. The van der Waals surface area contributed by atoms with E-state index in [0.29, 0.717) is 42.3 Å². The van der Waals surface area contributed by atoms with Crippen molar-refractivity contribution in [2.45, 2.75) is 25.8 Å². The summed E-state index contributed by atoms with van der Waals surface area (Å²) >= 11 is 0. The molecule has 1 amide bonds. The van der Waals surface area contributed by atoms with E-state index in [1.807, 2.05) is 30.3 Å². The fourth-order valence-electron chi connectivity index (χ4n) is 4.84. The third-order valence-corrected chi connectivity index (χ3v) is 6.76. The van der Waals surface area contributed by atoms with Crippen molar-refractivity contribution in [3.8, 4) is 17.2 Å². The van der Waals surface area contributed by atoms with Gasteiger partial charge in [0.05, 0.1) is 32.9 Å². The quantitative estimate of drug-likeness (QED) is 0.456. The first-order chi connectivity index (χ1) is 17.4. The highest BCUT2D eigenvalue weighted by molar-refractivity contribution is 5.94. The SMILES string of the molecule is COc1cccc(CN2C[C@H](C(=O)Nc3ccc(OC)cc3OC)C[C@@H](c3ccc(F)c(C)c3)C2)c1. The highest BCUT2D eigenvalue weighted by Crippen LogP contribution is 2.34. The Hall–Kier alpha value is -3.58. The zero-order valence-electron chi connectivity index (χ0n) is 21.2. The molecule has 7 heteroatoms. The molecule has 3 aromatic rings. The second-order valence-corrected chi connectivity index (χ2v) is 9.24. The number of aryl methyl sites for hydroxylation is 1. The average Bonchev–Trinajstić information content (AvgIpc) is 2.90. The maximum absolute atomic E-state index is 14.0. The molecular formula is C29H33FN2O4. The maximum Gasteiger partial charge on any atom is 0.228 e. The van der Waals surface area contributed by atoms with E-state index in [-0.39, 0.29) is 23.6 Å². The number of nitrogens with zero attached hydrogens (tertiary/aromatic N) is 1. The fraction of sp³-hybridized carbons (Fsp3) is 0.345. The number of amides is 1. The Labute approximate surface area is 212 Å². The number of carbonyl (C=O) groups excluding carboxylic acids is 1. The molecule has 0 aromatic heterocycles. The van der Waals surface area contributed by atoms with E-state index in [2.05, 4.69) is 16.3 Å². The van der Waals surface area contributed by atoms with E-state index in [1.165, 1.54) is 6.07 Å². The van der Waals surface area contributed by atoms with Gasteiger partial charge in [-0.2, -0.15) is 0 Å². The molecule has 190 valence electrons. The minimum Gasteiger partial charge on any atom is -0.497 e. The molecule has 36 heavy (non-hydrogen) atoms. The fourth-order valence-corrected chi connectivity index (χ4v) is 4.84. The molecule has 0 saturated carbocycles. The van der Waals surface area contributed by atoms with Crippen LogP contribution in [0.4, 0.5) is 10.1 Å². The van der Waals surface area contributed by atoms with E-state index < -0.39 is 0 Å². The maximum atomic E-state index is 14.0. The predicted molar refractivity (Wildman–Crippen MR) is 138 cm³/mol. The molecule has 1 heterocycles. The van der Waals surface area contributed by atoms with Gasteiger partial charge in [0.2, 0.25) is 5.91 Å². The van der Waals surface area contributed by atoms with Crippen molar-refractivity contribution in [3.63, 3.8) is 0 Å². The number of likely N-dealkylation sites (tertiary alicyclic amines) is 1. The number of halogens is 1. The van der Waals surface area contributed by atoms with E-state index in [0.717, 1.165) is 23.4 Å². The minimum absolute atomic E-state index is 0.0716. The van der Waals surface area contributed by atoms with Gasteiger partial charge >= 0.3 is 0 Å². The Balaban J connectivity index is 1.58. The summed E-state index contributed by atoms with van der Waals surface area (Å²) in [7, 11) is 4.80. The molecule has 3 aromatic carbocycles. The number of rotatable bonds is 8. The number of hydrogen-bond donors (Lipinski definition) is 1. The second kappa shape index (κ2) is 11.4. The Morgan fingerprint density at radius 2 is 1.75 bits per heavy atom. The molecule has 0 aliphatic carbocycles. The number of piperidine rings is 1. The lowest BCUT2D eigenvalue weighted by Gasteiger charge is -2.37. The van der Waals surface area contributed by atoms with Gasteiger partial charge in [-0.3, -0.25) is 9.69 Å². The number of ether oxygens (including phenoxy) is 3. The van der Waals surface area contributed by atoms with E-state index in [4.69, 9.17) is 14.2 Å². The standard InChI is InChI=1S/C29H33FN2O4/c1-19-12-21(8-10-26(19)30)22-14-23(18-32(17-22)16-20-6-5-7-24(13-20)34-2)29(33)31-27-11-9-25(35-3)15-28(27)36-4/h5-13,15,22-23H,14,16-18H2,1-4H3,(H,31,33)/t22-,23-/m1/s1. The molecule has 1 aliphatic rings. The van der Waals surface area contributed by atoms with Gasteiger partial charge in [0, 0.05) is 25.7 Å². The molecule has 1 fully saturated rings. The highest BCUT2D eigenvalue weighted by atomic mass is 19.1. The first kappa shape index (κ1) is 25.5.